The predicted molar refractivity (Wildman–Crippen MR) is 73.7 cm³/mol. The third kappa shape index (κ3) is 3.84. The van der Waals surface area contributed by atoms with E-state index in [1.807, 2.05) is 0 Å². The number of nitrogens with one attached hydrogen (secondary N) is 1. The van der Waals surface area contributed by atoms with E-state index in [1.54, 1.807) is 0 Å². The standard InChI is InChI=1S/C12H15ClN2O3S/c13-9-3-4-10(14)11(5-9)19(17,18)7-12(16)15-6-8-1-2-8/h3-5,8H,1-2,6-7,14H2,(H,15,16). The lowest BCUT2D eigenvalue weighted by Gasteiger charge is -2.08. The molecule has 0 radical (unpaired) electrons. The molecule has 3 N–H and O–H groups in total. The molecule has 1 aromatic carbocycles. The molecule has 0 heterocycles. The van der Waals surface area contributed by atoms with Gasteiger partial charge in [0.1, 0.15) is 5.75 Å². The van der Waals surface area contributed by atoms with Crippen LogP contribution in [0, 0.1) is 5.92 Å². The van der Waals surface area contributed by atoms with Gasteiger partial charge in [0.15, 0.2) is 9.84 Å². The number of halogens is 1. The van der Waals surface area contributed by atoms with Crippen LogP contribution in [0.15, 0.2) is 23.1 Å². The molecule has 1 fully saturated rings. The van der Waals surface area contributed by atoms with Gasteiger partial charge in [0.25, 0.3) is 0 Å². The Balaban J connectivity index is 2.08. The van der Waals surface area contributed by atoms with Gasteiger partial charge in [-0.2, -0.15) is 0 Å². The maximum Gasteiger partial charge on any atom is 0.235 e. The number of rotatable bonds is 5. The third-order valence-electron chi connectivity index (χ3n) is 2.92. The van der Waals surface area contributed by atoms with E-state index < -0.39 is 21.5 Å². The first-order chi connectivity index (χ1) is 8.88. The number of nitrogen functional groups attached to an aromatic ring is 1. The number of anilines is 1. The van der Waals surface area contributed by atoms with Crippen molar-refractivity contribution in [2.24, 2.45) is 5.92 Å². The van der Waals surface area contributed by atoms with Gasteiger partial charge >= 0.3 is 0 Å². The van der Waals surface area contributed by atoms with Crippen LogP contribution >= 0.6 is 11.6 Å². The Kier molecular flexibility index (Phi) is 4.01. The normalized spacial score (nSPS) is 15.2. The Morgan fingerprint density at radius 3 is 2.74 bits per heavy atom. The zero-order valence-electron chi connectivity index (χ0n) is 10.2. The Morgan fingerprint density at radius 2 is 2.11 bits per heavy atom. The fourth-order valence-corrected chi connectivity index (χ4v) is 3.23. The van der Waals surface area contributed by atoms with Gasteiger partial charge in [0.2, 0.25) is 5.91 Å². The van der Waals surface area contributed by atoms with Crippen LogP contribution in [0.2, 0.25) is 5.02 Å². The summed E-state index contributed by atoms with van der Waals surface area (Å²) in [6, 6.07) is 4.18. The van der Waals surface area contributed by atoms with Crippen molar-refractivity contribution in [3.05, 3.63) is 23.2 Å². The molecule has 1 aliphatic carbocycles. The fraction of sp³-hybridized carbons (Fsp3) is 0.417. The molecule has 2 rings (SSSR count). The minimum Gasteiger partial charge on any atom is -0.398 e. The summed E-state index contributed by atoms with van der Waals surface area (Å²) in [5.74, 6) is -0.612. The van der Waals surface area contributed by atoms with Gasteiger partial charge in [-0.15, -0.1) is 0 Å². The first-order valence-corrected chi connectivity index (χ1v) is 7.96. The van der Waals surface area contributed by atoms with Crippen LogP contribution < -0.4 is 11.1 Å². The lowest BCUT2D eigenvalue weighted by atomic mass is 10.3. The van der Waals surface area contributed by atoms with Gasteiger partial charge in [-0.3, -0.25) is 4.79 Å². The molecule has 1 saturated carbocycles. The summed E-state index contributed by atoms with van der Waals surface area (Å²) in [6.07, 6.45) is 2.18. The third-order valence-corrected chi connectivity index (χ3v) is 4.82. The predicted octanol–water partition coefficient (Wildman–Crippen LogP) is 1.22. The molecule has 1 aliphatic rings. The Hall–Kier alpha value is -1.27. The number of carbonyl (C=O) groups excluding carboxylic acids is 1. The monoisotopic (exact) mass is 302 g/mol. The lowest BCUT2D eigenvalue weighted by Crippen LogP contribution is -2.32. The molecule has 0 saturated heterocycles. The van der Waals surface area contributed by atoms with Crippen LogP contribution in [-0.2, 0) is 14.6 Å². The molecule has 0 aromatic heterocycles. The van der Waals surface area contributed by atoms with Crippen molar-refractivity contribution in [3.63, 3.8) is 0 Å². The van der Waals surface area contributed by atoms with E-state index in [1.165, 1.54) is 18.2 Å². The molecule has 19 heavy (non-hydrogen) atoms. The smallest absolute Gasteiger partial charge is 0.235 e. The highest BCUT2D eigenvalue weighted by Gasteiger charge is 2.25. The number of hydrogen-bond donors (Lipinski definition) is 2. The molecule has 0 unspecified atom stereocenters. The largest absolute Gasteiger partial charge is 0.398 e. The molecule has 0 atom stereocenters. The maximum absolute atomic E-state index is 12.1. The van der Waals surface area contributed by atoms with E-state index in [0.717, 1.165) is 12.8 Å². The first kappa shape index (κ1) is 14.1. The van der Waals surface area contributed by atoms with Crippen molar-refractivity contribution in [3.8, 4) is 0 Å². The molecule has 7 heteroatoms. The number of nitrogens with two attached hydrogens (primary N) is 1. The van der Waals surface area contributed by atoms with Crippen molar-refractivity contribution in [2.75, 3.05) is 18.0 Å². The summed E-state index contributed by atoms with van der Waals surface area (Å²) in [6.45, 7) is 0.541. The number of hydrogen-bond acceptors (Lipinski definition) is 4. The SMILES string of the molecule is Nc1ccc(Cl)cc1S(=O)(=O)CC(=O)NCC1CC1. The molecule has 104 valence electrons. The summed E-state index contributed by atoms with van der Waals surface area (Å²) in [7, 11) is -3.76. The van der Waals surface area contributed by atoms with Crippen molar-refractivity contribution in [1.29, 1.82) is 0 Å². The molecule has 0 aliphatic heterocycles. The Morgan fingerprint density at radius 1 is 1.42 bits per heavy atom. The zero-order chi connectivity index (χ0) is 14.0. The van der Waals surface area contributed by atoms with Crippen LogP contribution in [0.3, 0.4) is 0 Å². The molecular formula is C12H15ClN2O3S. The molecular weight excluding hydrogens is 288 g/mol. The van der Waals surface area contributed by atoms with Crippen LogP contribution in [0.4, 0.5) is 5.69 Å². The van der Waals surface area contributed by atoms with Gasteiger partial charge in [-0.05, 0) is 37.0 Å². The zero-order valence-corrected chi connectivity index (χ0v) is 11.8. The van der Waals surface area contributed by atoms with Crippen molar-refractivity contribution in [1.82, 2.24) is 5.32 Å². The van der Waals surface area contributed by atoms with Crippen molar-refractivity contribution < 1.29 is 13.2 Å². The molecule has 1 amide bonds. The average Bonchev–Trinajstić information content (AvgIpc) is 3.13. The van der Waals surface area contributed by atoms with Gasteiger partial charge in [-0.25, -0.2) is 8.42 Å². The highest BCUT2D eigenvalue weighted by atomic mass is 35.5. The topological polar surface area (TPSA) is 89.3 Å². The molecule has 0 spiro atoms. The first-order valence-electron chi connectivity index (χ1n) is 5.93. The Labute approximate surface area is 117 Å². The van der Waals surface area contributed by atoms with E-state index in [2.05, 4.69) is 5.32 Å². The van der Waals surface area contributed by atoms with E-state index >= 15 is 0 Å². The number of carbonyl (C=O) groups is 1. The summed E-state index contributed by atoms with van der Waals surface area (Å²) >= 11 is 5.75. The molecule has 0 bridgehead atoms. The van der Waals surface area contributed by atoms with E-state index in [4.69, 9.17) is 17.3 Å². The number of amides is 1. The van der Waals surface area contributed by atoms with Crippen LogP contribution in [-0.4, -0.2) is 26.6 Å². The summed E-state index contributed by atoms with van der Waals surface area (Å²) < 4.78 is 24.2. The van der Waals surface area contributed by atoms with Crippen LogP contribution in [0.25, 0.3) is 0 Å². The second-order valence-electron chi connectivity index (χ2n) is 4.69. The average molecular weight is 303 g/mol. The molecule has 1 aromatic rings. The van der Waals surface area contributed by atoms with Gasteiger partial charge in [0.05, 0.1) is 10.6 Å². The highest BCUT2D eigenvalue weighted by molar-refractivity contribution is 7.92. The van der Waals surface area contributed by atoms with E-state index in [9.17, 15) is 13.2 Å². The van der Waals surface area contributed by atoms with Gasteiger partial charge in [-0.1, -0.05) is 11.6 Å². The summed E-state index contributed by atoms with van der Waals surface area (Å²) in [5, 5.41) is 2.88. The number of sulfone groups is 1. The van der Waals surface area contributed by atoms with E-state index in [-0.39, 0.29) is 15.6 Å². The second kappa shape index (κ2) is 5.38. The highest BCUT2D eigenvalue weighted by Crippen LogP contribution is 2.27. The Bertz CT molecular complexity index is 597. The van der Waals surface area contributed by atoms with Crippen molar-refractivity contribution >= 4 is 33.0 Å². The quantitative estimate of drug-likeness (QED) is 0.800. The maximum atomic E-state index is 12.1. The fourth-order valence-electron chi connectivity index (χ4n) is 1.66. The number of benzene rings is 1. The van der Waals surface area contributed by atoms with Gasteiger partial charge in [0, 0.05) is 11.6 Å². The van der Waals surface area contributed by atoms with Gasteiger partial charge < -0.3 is 11.1 Å². The summed E-state index contributed by atoms with van der Waals surface area (Å²) in [4.78, 5) is 11.5. The summed E-state index contributed by atoms with van der Waals surface area (Å²) in [5.41, 5.74) is 5.71. The van der Waals surface area contributed by atoms with Crippen LogP contribution in [0.1, 0.15) is 12.8 Å². The minimum absolute atomic E-state index is 0.0958. The lowest BCUT2D eigenvalue weighted by molar-refractivity contribution is -0.118. The van der Waals surface area contributed by atoms with Crippen LogP contribution in [0.5, 0.6) is 0 Å². The molecule has 5 nitrogen and oxygen atoms in total. The van der Waals surface area contributed by atoms with Crippen molar-refractivity contribution in [2.45, 2.75) is 17.7 Å². The minimum atomic E-state index is -3.76. The van der Waals surface area contributed by atoms with E-state index in [0.29, 0.717) is 12.5 Å². The second-order valence-corrected chi connectivity index (χ2v) is 7.08.